The Morgan fingerprint density at radius 3 is 2.00 bits per heavy atom. The van der Waals surface area contributed by atoms with Crippen LogP contribution in [0.2, 0.25) is 0 Å². The standard InChI is InChI=1S/C12H19NO6/c1-8(2)11(16)18-6-7-19-12(17)9(10(14)15)13(3,4)5/h9H,1,6-7H2,2-5H3/p+1. The van der Waals surface area contributed by atoms with E-state index in [1.807, 2.05) is 0 Å². The number of esters is 2. The number of ether oxygens (including phenoxy) is 2. The summed E-state index contributed by atoms with van der Waals surface area (Å²) in [6, 6.07) is -1.32. The van der Waals surface area contributed by atoms with Gasteiger partial charge in [0.1, 0.15) is 13.2 Å². The highest BCUT2D eigenvalue weighted by molar-refractivity contribution is 5.96. The van der Waals surface area contributed by atoms with E-state index in [1.165, 1.54) is 6.92 Å². The Bertz CT molecular complexity index is 382. The van der Waals surface area contributed by atoms with Gasteiger partial charge in [0, 0.05) is 5.57 Å². The first-order valence-electron chi connectivity index (χ1n) is 5.60. The van der Waals surface area contributed by atoms with Gasteiger partial charge in [-0.1, -0.05) is 6.58 Å². The molecular formula is C12H20NO6+. The van der Waals surface area contributed by atoms with Gasteiger partial charge < -0.3 is 19.1 Å². The number of aliphatic carboxylic acids is 1. The number of carbonyl (C=O) groups excluding carboxylic acids is 2. The smallest absolute Gasteiger partial charge is 0.377 e. The molecule has 0 aromatic carbocycles. The minimum atomic E-state index is -1.32. The Kier molecular flexibility index (Phi) is 6.20. The van der Waals surface area contributed by atoms with E-state index in [2.05, 4.69) is 6.58 Å². The van der Waals surface area contributed by atoms with Crippen molar-refractivity contribution >= 4 is 17.9 Å². The summed E-state index contributed by atoms with van der Waals surface area (Å²) in [7, 11) is 4.71. The minimum Gasteiger partial charge on any atom is -0.476 e. The van der Waals surface area contributed by atoms with Crippen molar-refractivity contribution < 1.29 is 33.4 Å². The average molecular weight is 274 g/mol. The van der Waals surface area contributed by atoms with Crippen molar-refractivity contribution in [3.8, 4) is 0 Å². The average Bonchev–Trinajstić information content (AvgIpc) is 2.21. The zero-order valence-corrected chi connectivity index (χ0v) is 11.6. The van der Waals surface area contributed by atoms with Crippen LogP contribution < -0.4 is 0 Å². The Labute approximate surface area is 112 Å². The van der Waals surface area contributed by atoms with Crippen molar-refractivity contribution in [2.45, 2.75) is 13.0 Å². The molecule has 0 aliphatic heterocycles. The van der Waals surface area contributed by atoms with Gasteiger partial charge in [0.15, 0.2) is 0 Å². The molecule has 1 unspecified atom stereocenters. The molecule has 0 aromatic heterocycles. The van der Waals surface area contributed by atoms with Crippen molar-refractivity contribution in [2.75, 3.05) is 34.4 Å². The van der Waals surface area contributed by atoms with Crippen molar-refractivity contribution in [1.82, 2.24) is 0 Å². The van der Waals surface area contributed by atoms with E-state index in [4.69, 9.17) is 14.6 Å². The van der Waals surface area contributed by atoms with Crippen LogP contribution in [0.5, 0.6) is 0 Å². The number of likely N-dealkylation sites (N-methyl/N-ethyl adjacent to an activating group) is 1. The molecule has 1 atom stereocenters. The lowest BCUT2D eigenvalue weighted by Crippen LogP contribution is -2.55. The van der Waals surface area contributed by atoms with Crippen molar-refractivity contribution in [3.63, 3.8) is 0 Å². The molecule has 0 aromatic rings. The van der Waals surface area contributed by atoms with E-state index in [9.17, 15) is 14.4 Å². The Balaban J connectivity index is 4.27. The second-order valence-electron chi connectivity index (χ2n) is 4.94. The molecule has 0 heterocycles. The number of quaternary nitrogens is 1. The summed E-state index contributed by atoms with van der Waals surface area (Å²) in [5.41, 5.74) is 0.237. The predicted octanol–water partition coefficient (Wildman–Crippen LogP) is -0.192. The van der Waals surface area contributed by atoms with Crippen LogP contribution in [-0.4, -0.2) is 67.9 Å². The number of nitrogens with zero attached hydrogens (tertiary/aromatic N) is 1. The lowest BCUT2D eigenvalue weighted by molar-refractivity contribution is -0.879. The van der Waals surface area contributed by atoms with Crippen LogP contribution in [0.3, 0.4) is 0 Å². The zero-order valence-electron chi connectivity index (χ0n) is 11.6. The van der Waals surface area contributed by atoms with Crippen LogP contribution in [-0.2, 0) is 23.9 Å². The summed E-state index contributed by atoms with van der Waals surface area (Å²) in [6.07, 6.45) is 0. The molecule has 0 radical (unpaired) electrons. The molecule has 108 valence electrons. The molecule has 0 aliphatic carbocycles. The van der Waals surface area contributed by atoms with Crippen LogP contribution in [0, 0.1) is 0 Å². The molecule has 7 heteroatoms. The van der Waals surface area contributed by atoms with Crippen LogP contribution in [0.15, 0.2) is 12.2 Å². The summed E-state index contributed by atoms with van der Waals surface area (Å²) < 4.78 is 9.39. The normalized spacial score (nSPS) is 12.4. The Morgan fingerprint density at radius 1 is 1.16 bits per heavy atom. The molecule has 0 spiro atoms. The number of hydrogen-bond donors (Lipinski definition) is 1. The fraction of sp³-hybridized carbons (Fsp3) is 0.583. The largest absolute Gasteiger partial charge is 0.476 e. The summed E-state index contributed by atoms with van der Waals surface area (Å²) in [4.78, 5) is 33.7. The van der Waals surface area contributed by atoms with E-state index in [-0.39, 0.29) is 23.3 Å². The molecule has 0 amide bonds. The van der Waals surface area contributed by atoms with Gasteiger partial charge in [0.25, 0.3) is 6.04 Å². The highest BCUT2D eigenvalue weighted by Gasteiger charge is 2.40. The lowest BCUT2D eigenvalue weighted by atomic mass is 10.2. The van der Waals surface area contributed by atoms with Gasteiger partial charge in [-0.3, -0.25) is 0 Å². The van der Waals surface area contributed by atoms with Crippen LogP contribution in [0.4, 0.5) is 0 Å². The molecule has 0 bridgehead atoms. The third kappa shape index (κ3) is 6.01. The summed E-state index contributed by atoms with van der Waals surface area (Å²) in [5, 5.41) is 8.98. The maximum atomic E-state index is 11.6. The fourth-order valence-corrected chi connectivity index (χ4v) is 1.23. The number of carboxylic acid groups (broad SMARTS) is 1. The van der Waals surface area contributed by atoms with E-state index >= 15 is 0 Å². The third-order valence-corrected chi connectivity index (χ3v) is 2.14. The third-order valence-electron chi connectivity index (χ3n) is 2.14. The van der Waals surface area contributed by atoms with Gasteiger partial charge in [-0.15, -0.1) is 0 Å². The number of hydrogen-bond acceptors (Lipinski definition) is 5. The first kappa shape index (κ1) is 17.1. The second kappa shape index (κ2) is 6.89. The van der Waals surface area contributed by atoms with Gasteiger partial charge in [0.05, 0.1) is 21.1 Å². The molecule has 0 aliphatic rings. The van der Waals surface area contributed by atoms with Crippen LogP contribution in [0.25, 0.3) is 0 Å². The van der Waals surface area contributed by atoms with Crippen LogP contribution >= 0.6 is 0 Å². The van der Waals surface area contributed by atoms with Gasteiger partial charge in [-0.05, 0) is 6.92 Å². The SMILES string of the molecule is C=C(C)C(=O)OCCOC(=O)C(C(=O)O)[N+](C)(C)C. The molecule has 0 fully saturated rings. The number of rotatable bonds is 7. The molecule has 0 rings (SSSR count). The van der Waals surface area contributed by atoms with E-state index < -0.39 is 23.9 Å². The first-order valence-corrected chi connectivity index (χ1v) is 5.60. The molecular weight excluding hydrogens is 254 g/mol. The second-order valence-corrected chi connectivity index (χ2v) is 4.94. The molecule has 0 saturated heterocycles. The summed E-state index contributed by atoms with van der Waals surface area (Å²) in [5.74, 6) is -2.72. The highest BCUT2D eigenvalue weighted by Crippen LogP contribution is 2.06. The highest BCUT2D eigenvalue weighted by atomic mass is 16.6. The zero-order chi connectivity index (χ0) is 15.2. The van der Waals surface area contributed by atoms with Crippen molar-refractivity contribution in [2.24, 2.45) is 0 Å². The Morgan fingerprint density at radius 2 is 1.63 bits per heavy atom. The maximum Gasteiger partial charge on any atom is 0.377 e. The van der Waals surface area contributed by atoms with Crippen LogP contribution in [0.1, 0.15) is 6.92 Å². The van der Waals surface area contributed by atoms with Gasteiger partial charge in [-0.25, -0.2) is 14.4 Å². The van der Waals surface area contributed by atoms with Crippen molar-refractivity contribution in [1.29, 1.82) is 0 Å². The topological polar surface area (TPSA) is 89.9 Å². The monoisotopic (exact) mass is 274 g/mol. The van der Waals surface area contributed by atoms with E-state index in [0.29, 0.717) is 0 Å². The quantitative estimate of drug-likeness (QED) is 0.227. The number of carbonyl (C=O) groups is 3. The fourth-order valence-electron chi connectivity index (χ4n) is 1.23. The number of carboxylic acids is 1. The first-order chi connectivity index (χ1) is 8.57. The molecule has 19 heavy (non-hydrogen) atoms. The lowest BCUT2D eigenvalue weighted by Gasteiger charge is -2.29. The molecule has 1 N–H and O–H groups in total. The minimum absolute atomic E-state index is 0.0975. The Hall–Kier alpha value is -1.89. The van der Waals surface area contributed by atoms with Gasteiger partial charge in [0.2, 0.25) is 0 Å². The van der Waals surface area contributed by atoms with E-state index in [0.717, 1.165) is 0 Å². The van der Waals surface area contributed by atoms with Gasteiger partial charge in [-0.2, -0.15) is 0 Å². The molecule has 7 nitrogen and oxygen atoms in total. The molecule has 0 saturated carbocycles. The maximum absolute atomic E-state index is 11.6. The summed E-state index contributed by atoms with van der Waals surface area (Å²) in [6.45, 7) is 4.55. The van der Waals surface area contributed by atoms with Crippen molar-refractivity contribution in [3.05, 3.63) is 12.2 Å². The predicted molar refractivity (Wildman–Crippen MR) is 66.2 cm³/mol. The van der Waals surface area contributed by atoms with E-state index in [1.54, 1.807) is 21.1 Å². The van der Waals surface area contributed by atoms with Gasteiger partial charge >= 0.3 is 17.9 Å². The summed E-state index contributed by atoms with van der Waals surface area (Å²) >= 11 is 0.